The molecule has 6 heteroatoms. The number of hydrogen-bond acceptors (Lipinski definition) is 3. The van der Waals surface area contributed by atoms with E-state index < -0.39 is 10.0 Å². The lowest BCUT2D eigenvalue weighted by Crippen LogP contribution is -2.26. The topological polar surface area (TPSA) is 55.2 Å². The van der Waals surface area contributed by atoms with Crippen molar-refractivity contribution < 1.29 is 8.42 Å². The predicted molar refractivity (Wildman–Crippen MR) is 125 cm³/mol. The number of imidazole rings is 1. The molecule has 5 rings (SSSR count). The lowest BCUT2D eigenvalue weighted by molar-refractivity contribution is 0.316. The van der Waals surface area contributed by atoms with Crippen molar-refractivity contribution in [2.75, 3.05) is 11.4 Å². The Labute approximate surface area is 185 Å². The molecule has 0 bridgehead atoms. The summed E-state index contributed by atoms with van der Waals surface area (Å²) < 4.78 is 29.9. The van der Waals surface area contributed by atoms with Crippen LogP contribution < -0.4 is 4.31 Å². The maximum absolute atomic E-state index is 13.1. The standard InChI is InChI=1S/C25H31N3O2S/c1-25(15-16-25)24-26-22-17-20(27(2)31(29,30)21-11-7-4-8-12-21)13-14-23(22)28(24)18-19-9-5-3-6-10-19/h4,7-8,11-14,17,19H,3,5-6,9-10,15-16,18H2,1-2H3. The van der Waals surface area contributed by atoms with Crippen LogP contribution in [-0.4, -0.2) is 25.0 Å². The molecule has 0 N–H and O–H groups in total. The number of benzene rings is 2. The van der Waals surface area contributed by atoms with Gasteiger partial charge in [-0.15, -0.1) is 0 Å². The third kappa shape index (κ3) is 3.75. The van der Waals surface area contributed by atoms with E-state index in [4.69, 9.17) is 4.98 Å². The van der Waals surface area contributed by atoms with Crippen molar-refractivity contribution in [2.45, 2.75) is 68.7 Å². The van der Waals surface area contributed by atoms with Crippen molar-refractivity contribution in [3.63, 3.8) is 0 Å². The number of rotatable bonds is 6. The van der Waals surface area contributed by atoms with Crippen LogP contribution in [0.25, 0.3) is 11.0 Å². The van der Waals surface area contributed by atoms with E-state index in [1.807, 2.05) is 18.2 Å². The van der Waals surface area contributed by atoms with Crippen LogP contribution in [0.2, 0.25) is 0 Å². The van der Waals surface area contributed by atoms with Gasteiger partial charge in [0.1, 0.15) is 5.82 Å². The number of nitrogens with zero attached hydrogens (tertiary/aromatic N) is 3. The van der Waals surface area contributed by atoms with Crippen LogP contribution in [0.15, 0.2) is 53.4 Å². The Morgan fingerprint density at radius 1 is 1.06 bits per heavy atom. The number of anilines is 1. The van der Waals surface area contributed by atoms with Gasteiger partial charge in [-0.25, -0.2) is 13.4 Å². The molecule has 0 spiro atoms. The van der Waals surface area contributed by atoms with Gasteiger partial charge in [0.15, 0.2) is 0 Å². The Kier molecular flexibility index (Phi) is 5.08. The summed E-state index contributed by atoms with van der Waals surface area (Å²) >= 11 is 0. The fourth-order valence-electron chi connectivity index (χ4n) is 4.89. The fourth-order valence-corrected chi connectivity index (χ4v) is 6.10. The number of aromatic nitrogens is 2. The van der Waals surface area contributed by atoms with Crippen LogP contribution in [0.1, 0.15) is 57.7 Å². The van der Waals surface area contributed by atoms with Crippen LogP contribution in [-0.2, 0) is 22.0 Å². The molecular weight excluding hydrogens is 406 g/mol. The quantitative estimate of drug-likeness (QED) is 0.512. The number of sulfonamides is 1. The van der Waals surface area contributed by atoms with Gasteiger partial charge in [0.05, 0.1) is 21.6 Å². The summed E-state index contributed by atoms with van der Waals surface area (Å²) in [6.45, 7) is 3.33. The first-order valence-electron chi connectivity index (χ1n) is 11.4. The largest absolute Gasteiger partial charge is 0.327 e. The van der Waals surface area contributed by atoms with Crippen molar-refractivity contribution in [1.82, 2.24) is 9.55 Å². The van der Waals surface area contributed by atoms with Crippen LogP contribution in [0.4, 0.5) is 5.69 Å². The third-order valence-electron chi connectivity index (χ3n) is 7.20. The highest BCUT2D eigenvalue weighted by Crippen LogP contribution is 2.48. The Balaban J connectivity index is 1.53. The molecule has 2 aliphatic carbocycles. The first-order valence-corrected chi connectivity index (χ1v) is 12.9. The van der Waals surface area contributed by atoms with Gasteiger partial charge in [-0.2, -0.15) is 0 Å². The summed E-state index contributed by atoms with van der Waals surface area (Å²) in [5.74, 6) is 1.90. The Bertz CT molecular complexity index is 1190. The maximum Gasteiger partial charge on any atom is 0.264 e. The smallest absolute Gasteiger partial charge is 0.264 e. The highest BCUT2D eigenvalue weighted by atomic mass is 32.2. The van der Waals surface area contributed by atoms with Crippen LogP contribution in [0.3, 0.4) is 0 Å². The van der Waals surface area contributed by atoms with E-state index in [-0.39, 0.29) is 5.41 Å². The van der Waals surface area contributed by atoms with E-state index >= 15 is 0 Å². The average Bonchev–Trinajstić information content (AvgIpc) is 3.44. The highest BCUT2D eigenvalue weighted by Gasteiger charge is 2.43. The monoisotopic (exact) mass is 437 g/mol. The minimum Gasteiger partial charge on any atom is -0.327 e. The molecule has 1 aromatic heterocycles. The maximum atomic E-state index is 13.1. The summed E-state index contributed by atoms with van der Waals surface area (Å²) in [5.41, 5.74) is 2.83. The summed E-state index contributed by atoms with van der Waals surface area (Å²) in [5, 5.41) is 0. The van der Waals surface area contributed by atoms with Crippen molar-refractivity contribution in [3.05, 3.63) is 54.4 Å². The molecule has 3 aromatic rings. The minimum absolute atomic E-state index is 0.163. The van der Waals surface area contributed by atoms with Gasteiger partial charge in [0, 0.05) is 19.0 Å². The van der Waals surface area contributed by atoms with Crippen LogP contribution >= 0.6 is 0 Å². The molecule has 0 unspecified atom stereocenters. The Morgan fingerprint density at radius 2 is 1.77 bits per heavy atom. The second-order valence-corrected chi connectivity index (χ2v) is 11.5. The molecule has 2 aromatic carbocycles. The van der Waals surface area contributed by atoms with E-state index in [9.17, 15) is 8.42 Å². The second kappa shape index (κ2) is 7.66. The Morgan fingerprint density at radius 3 is 2.45 bits per heavy atom. The summed E-state index contributed by atoms with van der Waals surface area (Å²) in [4.78, 5) is 5.35. The molecule has 0 aliphatic heterocycles. The molecule has 2 saturated carbocycles. The number of hydrogen-bond donors (Lipinski definition) is 0. The molecule has 5 nitrogen and oxygen atoms in total. The normalized spacial score (nSPS) is 18.9. The molecule has 31 heavy (non-hydrogen) atoms. The van der Waals surface area contributed by atoms with Gasteiger partial charge in [0.2, 0.25) is 0 Å². The van der Waals surface area contributed by atoms with Gasteiger partial charge in [-0.1, -0.05) is 44.4 Å². The van der Waals surface area contributed by atoms with Crippen molar-refractivity contribution in [1.29, 1.82) is 0 Å². The summed E-state index contributed by atoms with van der Waals surface area (Å²) in [6.07, 6.45) is 8.97. The molecule has 164 valence electrons. The van der Waals surface area contributed by atoms with Crippen LogP contribution in [0, 0.1) is 5.92 Å². The van der Waals surface area contributed by atoms with Crippen molar-refractivity contribution in [2.24, 2.45) is 5.92 Å². The highest BCUT2D eigenvalue weighted by molar-refractivity contribution is 7.92. The Hall–Kier alpha value is -2.34. The van der Waals surface area contributed by atoms with E-state index in [1.54, 1.807) is 31.3 Å². The van der Waals surface area contributed by atoms with E-state index in [2.05, 4.69) is 17.6 Å². The van der Waals surface area contributed by atoms with Gasteiger partial charge in [-0.3, -0.25) is 4.31 Å². The zero-order valence-corrected chi connectivity index (χ0v) is 19.2. The molecule has 0 saturated heterocycles. The molecule has 0 atom stereocenters. The first kappa shape index (κ1) is 20.6. The molecular formula is C25H31N3O2S. The minimum atomic E-state index is -3.60. The van der Waals surface area contributed by atoms with Gasteiger partial charge >= 0.3 is 0 Å². The molecule has 2 fully saturated rings. The lowest BCUT2D eigenvalue weighted by atomic mass is 9.89. The van der Waals surface area contributed by atoms with Gasteiger partial charge in [0.25, 0.3) is 10.0 Å². The van der Waals surface area contributed by atoms with E-state index in [0.717, 1.165) is 17.6 Å². The van der Waals surface area contributed by atoms with Crippen LogP contribution in [0.5, 0.6) is 0 Å². The van der Waals surface area contributed by atoms with E-state index in [0.29, 0.717) is 16.5 Å². The second-order valence-electron chi connectivity index (χ2n) is 9.57. The van der Waals surface area contributed by atoms with E-state index in [1.165, 1.54) is 55.1 Å². The molecule has 2 aliphatic rings. The fraction of sp³-hybridized carbons (Fsp3) is 0.480. The molecule has 1 heterocycles. The molecule has 0 amide bonds. The zero-order valence-electron chi connectivity index (χ0n) is 18.4. The zero-order chi connectivity index (χ0) is 21.6. The lowest BCUT2D eigenvalue weighted by Gasteiger charge is -2.24. The molecule has 0 radical (unpaired) electrons. The van der Waals surface area contributed by atoms with Crippen molar-refractivity contribution >= 4 is 26.7 Å². The summed E-state index contributed by atoms with van der Waals surface area (Å²) in [6, 6.07) is 14.5. The van der Waals surface area contributed by atoms with Crippen molar-refractivity contribution in [3.8, 4) is 0 Å². The first-order chi connectivity index (χ1) is 14.9. The van der Waals surface area contributed by atoms with Gasteiger partial charge in [-0.05, 0) is 61.9 Å². The summed E-state index contributed by atoms with van der Waals surface area (Å²) in [7, 11) is -1.99. The SMILES string of the molecule is CN(c1ccc2c(c1)nc(C1(C)CC1)n2CC1CCCCC1)S(=O)(=O)c1ccccc1. The number of fused-ring (bicyclic) bond motifs is 1. The third-order valence-corrected chi connectivity index (χ3v) is 9.00. The predicted octanol–water partition coefficient (Wildman–Crippen LogP) is 5.49. The van der Waals surface area contributed by atoms with Gasteiger partial charge < -0.3 is 4.57 Å². The average molecular weight is 438 g/mol.